The first-order chi connectivity index (χ1) is 12.5. The Labute approximate surface area is 156 Å². The number of hydrogen-bond acceptors (Lipinski definition) is 5. The second-order valence-electron chi connectivity index (χ2n) is 6.28. The SMILES string of the molecule is C[C@]1(Cl)CO[C@H](COC(=O)c2ccccc2)[C@H]1OC(=O)c1ccccc1. The van der Waals surface area contributed by atoms with E-state index in [0.717, 1.165) is 0 Å². The van der Waals surface area contributed by atoms with Crippen LogP contribution >= 0.6 is 11.6 Å². The van der Waals surface area contributed by atoms with E-state index in [4.69, 9.17) is 25.8 Å². The molecule has 0 saturated carbocycles. The molecule has 5 nitrogen and oxygen atoms in total. The molecule has 0 aromatic heterocycles. The predicted octanol–water partition coefficient (Wildman–Crippen LogP) is 3.47. The summed E-state index contributed by atoms with van der Waals surface area (Å²) in [4.78, 5) is 23.5. The maximum Gasteiger partial charge on any atom is 0.338 e. The van der Waals surface area contributed by atoms with Gasteiger partial charge in [0.1, 0.15) is 17.6 Å². The van der Waals surface area contributed by atoms with E-state index in [0.29, 0.717) is 11.1 Å². The van der Waals surface area contributed by atoms with Gasteiger partial charge in [0.2, 0.25) is 0 Å². The first kappa shape index (κ1) is 18.4. The maximum absolute atomic E-state index is 12.3. The van der Waals surface area contributed by atoms with Gasteiger partial charge in [-0.2, -0.15) is 0 Å². The second-order valence-corrected chi connectivity index (χ2v) is 7.15. The fraction of sp³-hybridized carbons (Fsp3) is 0.300. The molecule has 2 aromatic carbocycles. The highest BCUT2D eigenvalue weighted by Crippen LogP contribution is 2.34. The van der Waals surface area contributed by atoms with E-state index in [1.165, 1.54) is 0 Å². The largest absolute Gasteiger partial charge is 0.459 e. The van der Waals surface area contributed by atoms with E-state index in [1.54, 1.807) is 55.5 Å². The summed E-state index contributed by atoms with van der Waals surface area (Å²) in [5.41, 5.74) is 0.865. The summed E-state index contributed by atoms with van der Waals surface area (Å²) in [7, 11) is 0. The van der Waals surface area contributed by atoms with Crippen molar-refractivity contribution in [1.29, 1.82) is 0 Å². The maximum atomic E-state index is 12.3. The van der Waals surface area contributed by atoms with Crippen molar-refractivity contribution >= 4 is 23.5 Å². The first-order valence-electron chi connectivity index (χ1n) is 8.26. The Balaban J connectivity index is 1.64. The minimum atomic E-state index is -0.895. The van der Waals surface area contributed by atoms with Crippen LogP contribution in [0.25, 0.3) is 0 Å². The molecule has 1 aliphatic heterocycles. The highest BCUT2D eigenvalue weighted by molar-refractivity contribution is 6.24. The molecule has 0 N–H and O–H groups in total. The van der Waals surface area contributed by atoms with E-state index in [2.05, 4.69) is 0 Å². The van der Waals surface area contributed by atoms with Gasteiger partial charge in [-0.25, -0.2) is 9.59 Å². The number of esters is 2. The van der Waals surface area contributed by atoms with Crippen molar-refractivity contribution in [2.75, 3.05) is 13.2 Å². The Bertz CT molecular complexity index is 760. The number of halogens is 1. The number of rotatable bonds is 5. The van der Waals surface area contributed by atoms with Crippen LogP contribution in [0.15, 0.2) is 60.7 Å². The molecule has 0 aliphatic carbocycles. The summed E-state index contributed by atoms with van der Waals surface area (Å²) >= 11 is 6.45. The molecule has 0 unspecified atom stereocenters. The number of benzene rings is 2. The van der Waals surface area contributed by atoms with Crippen LogP contribution in [0.4, 0.5) is 0 Å². The summed E-state index contributed by atoms with van der Waals surface area (Å²) in [6, 6.07) is 17.3. The lowest BCUT2D eigenvalue weighted by Gasteiger charge is -2.26. The van der Waals surface area contributed by atoms with Crippen LogP contribution in [-0.2, 0) is 14.2 Å². The van der Waals surface area contributed by atoms with Crippen molar-refractivity contribution < 1.29 is 23.8 Å². The van der Waals surface area contributed by atoms with Gasteiger partial charge in [-0.15, -0.1) is 11.6 Å². The smallest absolute Gasteiger partial charge is 0.338 e. The van der Waals surface area contributed by atoms with Crippen LogP contribution in [0.3, 0.4) is 0 Å². The third-order valence-electron chi connectivity index (χ3n) is 4.14. The standard InChI is InChI=1S/C20H19ClO5/c1-20(21)13-25-16(12-24-18(22)14-8-4-2-5-9-14)17(20)26-19(23)15-10-6-3-7-11-15/h2-11,16-17H,12-13H2,1H3/t16-,17-,20+/m1/s1. The third-order valence-corrected chi connectivity index (χ3v) is 4.47. The van der Waals surface area contributed by atoms with Gasteiger partial charge in [0.05, 0.1) is 17.7 Å². The number of alkyl halides is 1. The lowest BCUT2D eigenvalue weighted by atomic mass is 10.0. The van der Waals surface area contributed by atoms with E-state index in [-0.39, 0.29) is 13.2 Å². The highest BCUT2D eigenvalue weighted by atomic mass is 35.5. The van der Waals surface area contributed by atoms with Gasteiger partial charge in [-0.3, -0.25) is 0 Å². The molecule has 3 atom stereocenters. The van der Waals surface area contributed by atoms with Crippen molar-refractivity contribution in [3.63, 3.8) is 0 Å². The average Bonchev–Trinajstić information content (AvgIpc) is 2.95. The van der Waals surface area contributed by atoms with Crippen LogP contribution in [0.2, 0.25) is 0 Å². The Morgan fingerprint density at radius 2 is 1.58 bits per heavy atom. The van der Waals surface area contributed by atoms with Crippen molar-refractivity contribution in [2.24, 2.45) is 0 Å². The van der Waals surface area contributed by atoms with Crippen LogP contribution in [0.5, 0.6) is 0 Å². The molecule has 1 fully saturated rings. The second kappa shape index (κ2) is 7.89. The molecule has 3 rings (SSSR count). The van der Waals surface area contributed by atoms with Crippen molar-refractivity contribution in [2.45, 2.75) is 24.0 Å². The predicted molar refractivity (Wildman–Crippen MR) is 96.4 cm³/mol. The normalized spacial score (nSPS) is 24.8. The molecule has 6 heteroatoms. The summed E-state index contributed by atoms with van der Waals surface area (Å²) in [6.07, 6.45) is -1.36. The molecule has 1 aliphatic rings. The molecular weight excluding hydrogens is 356 g/mol. The molecule has 136 valence electrons. The number of hydrogen-bond donors (Lipinski definition) is 0. The van der Waals surface area contributed by atoms with Gasteiger partial charge in [-0.05, 0) is 31.2 Å². The van der Waals surface area contributed by atoms with E-state index >= 15 is 0 Å². The van der Waals surface area contributed by atoms with Gasteiger partial charge in [0.25, 0.3) is 0 Å². The average molecular weight is 375 g/mol. The Morgan fingerprint density at radius 1 is 1.04 bits per heavy atom. The number of carbonyl (C=O) groups is 2. The van der Waals surface area contributed by atoms with Crippen LogP contribution in [0.1, 0.15) is 27.6 Å². The van der Waals surface area contributed by atoms with Crippen molar-refractivity contribution in [3.05, 3.63) is 71.8 Å². The molecule has 1 heterocycles. The minimum absolute atomic E-state index is 0.0528. The topological polar surface area (TPSA) is 61.8 Å². The fourth-order valence-electron chi connectivity index (χ4n) is 2.73. The minimum Gasteiger partial charge on any atom is -0.459 e. The van der Waals surface area contributed by atoms with Gasteiger partial charge >= 0.3 is 11.9 Å². The van der Waals surface area contributed by atoms with E-state index in [1.807, 2.05) is 12.1 Å². The fourth-order valence-corrected chi connectivity index (χ4v) is 2.98. The third kappa shape index (κ3) is 4.23. The Hall–Kier alpha value is -2.37. The number of ether oxygens (including phenoxy) is 3. The van der Waals surface area contributed by atoms with E-state index in [9.17, 15) is 9.59 Å². The van der Waals surface area contributed by atoms with Gasteiger partial charge < -0.3 is 14.2 Å². The van der Waals surface area contributed by atoms with Crippen molar-refractivity contribution in [3.8, 4) is 0 Å². The van der Waals surface area contributed by atoms with E-state index < -0.39 is 29.0 Å². The van der Waals surface area contributed by atoms with Crippen molar-refractivity contribution in [1.82, 2.24) is 0 Å². The van der Waals surface area contributed by atoms with Gasteiger partial charge in [0.15, 0.2) is 6.10 Å². The zero-order valence-electron chi connectivity index (χ0n) is 14.3. The summed E-state index contributed by atoms with van der Waals surface area (Å²) < 4.78 is 16.5. The molecule has 0 spiro atoms. The molecule has 26 heavy (non-hydrogen) atoms. The summed E-state index contributed by atoms with van der Waals surface area (Å²) in [6.45, 7) is 1.87. The van der Waals surface area contributed by atoms with Gasteiger partial charge in [-0.1, -0.05) is 36.4 Å². The van der Waals surface area contributed by atoms with Gasteiger partial charge in [0, 0.05) is 0 Å². The molecule has 2 aromatic rings. The zero-order chi connectivity index (χ0) is 18.6. The zero-order valence-corrected chi connectivity index (χ0v) is 15.0. The van der Waals surface area contributed by atoms with Crippen LogP contribution in [-0.4, -0.2) is 42.2 Å². The quantitative estimate of drug-likeness (QED) is 0.592. The molecule has 0 amide bonds. The number of carbonyl (C=O) groups excluding carboxylic acids is 2. The highest BCUT2D eigenvalue weighted by Gasteiger charge is 2.48. The molecule has 0 radical (unpaired) electrons. The Kier molecular flexibility index (Phi) is 5.59. The lowest BCUT2D eigenvalue weighted by Crippen LogP contribution is -2.42. The summed E-state index contributed by atoms with van der Waals surface area (Å²) in [5.74, 6) is -0.960. The lowest BCUT2D eigenvalue weighted by molar-refractivity contribution is -0.0298. The molecule has 1 saturated heterocycles. The van der Waals surface area contributed by atoms with Crippen LogP contribution < -0.4 is 0 Å². The molecule has 0 bridgehead atoms. The monoisotopic (exact) mass is 374 g/mol. The first-order valence-corrected chi connectivity index (χ1v) is 8.64. The summed E-state index contributed by atoms with van der Waals surface area (Å²) in [5, 5.41) is 0. The Morgan fingerprint density at radius 3 is 2.15 bits per heavy atom. The van der Waals surface area contributed by atoms with Crippen LogP contribution in [0, 0.1) is 0 Å². The molecular formula is C20H19ClO5.